The lowest BCUT2D eigenvalue weighted by molar-refractivity contribution is -0.157. The van der Waals surface area contributed by atoms with Crippen molar-refractivity contribution in [2.24, 2.45) is 0 Å². The SMILES string of the molecule is CC(C)NC(=O)NC[C@@H]1CC[C@@H]2[C@@H](CN2C)O1. The molecule has 0 spiro atoms. The summed E-state index contributed by atoms with van der Waals surface area (Å²) < 4.78 is 5.93. The van der Waals surface area contributed by atoms with Crippen LogP contribution in [0.4, 0.5) is 4.79 Å². The summed E-state index contributed by atoms with van der Waals surface area (Å²) in [5, 5.41) is 5.68. The quantitative estimate of drug-likeness (QED) is 0.759. The molecule has 0 aromatic carbocycles. The van der Waals surface area contributed by atoms with Gasteiger partial charge in [0.25, 0.3) is 0 Å². The first-order valence-corrected chi connectivity index (χ1v) is 6.46. The van der Waals surface area contributed by atoms with E-state index in [0.717, 1.165) is 13.0 Å². The Bertz CT molecular complexity index is 283. The maximum absolute atomic E-state index is 11.4. The van der Waals surface area contributed by atoms with Crippen LogP contribution in [0.2, 0.25) is 0 Å². The fourth-order valence-electron chi connectivity index (χ4n) is 2.57. The normalized spacial score (nSPS) is 32.8. The van der Waals surface area contributed by atoms with Gasteiger partial charge in [-0.1, -0.05) is 0 Å². The van der Waals surface area contributed by atoms with Crippen molar-refractivity contribution in [1.29, 1.82) is 0 Å². The van der Waals surface area contributed by atoms with E-state index < -0.39 is 0 Å². The molecule has 2 aliphatic rings. The van der Waals surface area contributed by atoms with Gasteiger partial charge in [-0.25, -0.2) is 4.79 Å². The number of fused-ring (bicyclic) bond motifs is 1. The molecule has 5 nitrogen and oxygen atoms in total. The molecule has 98 valence electrons. The standard InChI is InChI=1S/C12H23N3O2/c1-8(2)14-12(16)13-6-9-4-5-10-11(17-9)7-15(10)3/h8-11H,4-7H2,1-3H3,(H2,13,14,16)/t9-,10+,11+/m0/s1. The number of rotatable bonds is 3. The summed E-state index contributed by atoms with van der Waals surface area (Å²) in [6, 6.07) is 0.680. The van der Waals surface area contributed by atoms with Crippen molar-refractivity contribution in [2.45, 2.75) is 51.0 Å². The third-order valence-electron chi connectivity index (χ3n) is 3.52. The van der Waals surface area contributed by atoms with Crippen LogP contribution in [0, 0.1) is 0 Å². The molecule has 2 heterocycles. The van der Waals surface area contributed by atoms with E-state index in [9.17, 15) is 4.79 Å². The van der Waals surface area contributed by atoms with Gasteiger partial charge in [0, 0.05) is 25.2 Å². The van der Waals surface area contributed by atoms with Crippen molar-refractivity contribution in [1.82, 2.24) is 15.5 Å². The molecule has 0 bridgehead atoms. The highest BCUT2D eigenvalue weighted by molar-refractivity contribution is 5.74. The summed E-state index contributed by atoms with van der Waals surface area (Å²) in [6.45, 7) is 5.54. The van der Waals surface area contributed by atoms with Gasteiger partial charge in [-0.15, -0.1) is 0 Å². The van der Waals surface area contributed by atoms with Crippen molar-refractivity contribution in [3.05, 3.63) is 0 Å². The third-order valence-corrected chi connectivity index (χ3v) is 3.52. The molecule has 17 heavy (non-hydrogen) atoms. The van der Waals surface area contributed by atoms with E-state index in [0.29, 0.717) is 18.7 Å². The molecule has 2 fully saturated rings. The molecule has 0 unspecified atom stereocenters. The van der Waals surface area contributed by atoms with Crippen LogP contribution in [-0.2, 0) is 4.74 Å². The predicted octanol–water partition coefficient (Wildman–Crippen LogP) is 0.556. The Kier molecular flexibility index (Phi) is 3.89. The van der Waals surface area contributed by atoms with Crippen LogP contribution < -0.4 is 10.6 Å². The molecular weight excluding hydrogens is 218 g/mol. The van der Waals surface area contributed by atoms with Gasteiger partial charge in [0.15, 0.2) is 0 Å². The van der Waals surface area contributed by atoms with Gasteiger partial charge in [0.1, 0.15) is 0 Å². The van der Waals surface area contributed by atoms with Gasteiger partial charge in [0.05, 0.1) is 12.2 Å². The highest BCUT2D eigenvalue weighted by Crippen LogP contribution is 2.30. The van der Waals surface area contributed by atoms with E-state index in [1.165, 1.54) is 6.42 Å². The lowest BCUT2D eigenvalue weighted by Crippen LogP contribution is -2.63. The number of urea groups is 1. The number of nitrogens with one attached hydrogen (secondary N) is 2. The highest BCUT2D eigenvalue weighted by atomic mass is 16.5. The topological polar surface area (TPSA) is 53.6 Å². The molecule has 0 aliphatic carbocycles. The maximum Gasteiger partial charge on any atom is 0.315 e. The number of hydrogen-bond donors (Lipinski definition) is 2. The van der Waals surface area contributed by atoms with Gasteiger partial charge in [-0.05, 0) is 33.7 Å². The zero-order valence-corrected chi connectivity index (χ0v) is 10.9. The van der Waals surface area contributed by atoms with Crippen LogP contribution in [0.5, 0.6) is 0 Å². The first-order chi connectivity index (χ1) is 8.06. The van der Waals surface area contributed by atoms with Crippen LogP contribution in [0.1, 0.15) is 26.7 Å². The smallest absolute Gasteiger partial charge is 0.315 e. The zero-order chi connectivity index (χ0) is 12.4. The summed E-state index contributed by atoms with van der Waals surface area (Å²) >= 11 is 0. The number of amides is 2. The second-order valence-electron chi connectivity index (χ2n) is 5.39. The number of likely N-dealkylation sites (N-methyl/N-ethyl adjacent to an activating group) is 1. The maximum atomic E-state index is 11.4. The van der Waals surface area contributed by atoms with Gasteiger partial charge < -0.3 is 15.4 Å². The minimum absolute atomic E-state index is 0.101. The second-order valence-corrected chi connectivity index (χ2v) is 5.39. The number of carbonyl (C=O) groups excluding carboxylic acids is 1. The molecule has 2 amide bonds. The Morgan fingerprint density at radius 3 is 2.82 bits per heavy atom. The van der Waals surface area contributed by atoms with Crippen LogP contribution in [-0.4, -0.2) is 55.4 Å². The number of ether oxygens (including phenoxy) is 1. The Hall–Kier alpha value is -0.810. The van der Waals surface area contributed by atoms with Crippen LogP contribution in [0.3, 0.4) is 0 Å². The molecule has 0 saturated carbocycles. The van der Waals surface area contributed by atoms with Crippen molar-refractivity contribution >= 4 is 6.03 Å². The molecule has 2 saturated heterocycles. The fraction of sp³-hybridized carbons (Fsp3) is 0.917. The molecule has 5 heteroatoms. The van der Waals surface area contributed by atoms with Crippen molar-refractivity contribution in [3.8, 4) is 0 Å². The summed E-state index contributed by atoms with van der Waals surface area (Å²) in [6.07, 6.45) is 2.78. The van der Waals surface area contributed by atoms with E-state index in [4.69, 9.17) is 4.74 Å². The van der Waals surface area contributed by atoms with Crippen LogP contribution in [0.15, 0.2) is 0 Å². The van der Waals surface area contributed by atoms with E-state index in [-0.39, 0.29) is 18.2 Å². The Labute approximate surface area is 103 Å². The Balaban J connectivity index is 1.66. The fourth-order valence-corrected chi connectivity index (χ4v) is 2.57. The summed E-state index contributed by atoms with van der Waals surface area (Å²) in [5.41, 5.74) is 0. The zero-order valence-electron chi connectivity index (χ0n) is 10.9. The molecular formula is C12H23N3O2. The Morgan fingerprint density at radius 1 is 1.47 bits per heavy atom. The Morgan fingerprint density at radius 2 is 2.24 bits per heavy atom. The lowest BCUT2D eigenvalue weighted by atomic mass is 9.90. The predicted molar refractivity (Wildman–Crippen MR) is 66.0 cm³/mol. The number of likely N-dealkylation sites (tertiary alicyclic amines) is 1. The lowest BCUT2D eigenvalue weighted by Gasteiger charge is -2.50. The van der Waals surface area contributed by atoms with Crippen LogP contribution in [0.25, 0.3) is 0 Å². The molecule has 2 aliphatic heterocycles. The minimum Gasteiger partial charge on any atom is -0.370 e. The second kappa shape index (κ2) is 5.23. The molecule has 2 N–H and O–H groups in total. The summed E-state index contributed by atoms with van der Waals surface area (Å²) in [5.74, 6) is 0. The molecule has 0 aromatic rings. The molecule has 3 atom stereocenters. The van der Waals surface area contributed by atoms with E-state index >= 15 is 0 Å². The first-order valence-electron chi connectivity index (χ1n) is 6.46. The summed E-state index contributed by atoms with van der Waals surface area (Å²) in [4.78, 5) is 13.8. The summed E-state index contributed by atoms with van der Waals surface area (Å²) in [7, 11) is 2.14. The van der Waals surface area contributed by atoms with E-state index in [1.807, 2.05) is 13.8 Å². The average molecular weight is 241 g/mol. The van der Waals surface area contributed by atoms with Crippen LogP contribution >= 0.6 is 0 Å². The molecule has 0 aromatic heterocycles. The largest absolute Gasteiger partial charge is 0.370 e. The van der Waals surface area contributed by atoms with Gasteiger partial charge in [-0.2, -0.15) is 0 Å². The van der Waals surface area contributed by atoms with Gasteiger partial charge >= 0.3 is 6.03 Å². The minimum atomic E-state index is -0.101. The average Bonchev–Trinajstić information content (AvgIpc) is 2.24. The number of hydrogen-bond acceptors (Lipinski definition) is 3. The van der Waals surface area contributed by atoms with E-state index in [2.05, 4.69) is 22.6 Å². The van der Waals surface area contributed by atoms with Gasteiger partial charge in [-0.3, -0.25) is 4.90 Å². The number of carbonyl (C=O) groups is 1. The van der Waals surface area contributed by atoms with Crippen molar-refractivity contribution in [2.75, 3.05) is 20.1 Å². The first kappa shape index (κ1) is 12.6. The highest BCUT2D eigenvalue weighted by Gasteiger charge is 2.41. The van der Waals surface area contributed by atoms with Crippen molar-refractivity contribution < 1.29 is 9.53 Å². The van der Waals surface area contributed by atoms with Crippen molar-refractivity contribution in [3.63, 3.8) is 0 Å². The van der Waals surface area contributed by atoms with E-state index in [1.54, 1.807) is 0 Å². The third kappa shape index (κ3) is 3.10. The molecule has 0 radical (unpaired) electrons. The van der Waals surface area contributed by atoms with Gasteiger partial charge in [0.2, 0.25) is 0 Å². The number of nitrogens with zero attached hydrogens (tertiary/aromatic N) is 1. The monoisotopic (exact) mass is 241 g/mol. The molecule has 2 rings (SSSR count).